The summed E-state index contributed by atoms with van der Waals surface area (Å²) in [6, 6.07) is 0. The largest absolute Gasteiger partial charge is 0.756 e. The van der Waals surface area contributed by atoms with E-state index in [2.05, 4.69) is 40.7 Å². The lowest BCUT2D eigenvalue weighted by Gasteiger charge is -2.58. The van der Waals surface area contributed by atoms with Crippen LogP contribution in [0.3, 0.4) is 0 Å². The Hall–Kier alpha value is -0.230. The van der Waals surface area contributed by atoms with Gasteiger partial charge in [-0.05, 0) is 111 Å². The maximum atomic E-state index is 11.9. The minimum atomic E-state index is -4.17. The smallest absolute Gasteiger partial charge is 0.268 e. The van der Waals surface area contributed by atoms with Gasteiger partial charge in [-0.2, -0.15) is 0 Å². The van der Waals surface area contributed by atoms with Crippen LogP contribution in [0.15, 0.2) is 11.6 Å². The van der Waals surface area contributed by atoms with Gasteiger partial charge in [0.2, 0.25) is 0 Å². The molecule has 0 aliphatic heterocycles. The lowest BCUT2D eigenvalue weighted by Crippen LogP contribution is -2.51. The molecule has 3 fully saturated rings. The molecule has 6 nitrogen and oxygen atoms in total. The quantitative estimate of drug-likeness (QED) is 0.0485. The van der Waals surface area contributed by atoms with Gasteiger partial charge in [0.1, 0.15) is 13.2 Å². The summed E-state index contributed by atoms with van der Waals surface area (Å²) >= 11 is 0. The minimum Gasteiger partial charge on any atom is -0.756 e. The van der Waals surface area contributed by atoms with E-state index in [1.165, 1.54) is 96.3 Å². The van der Waals surface area contributed by atoms with Crippen LogP contribution in [0, 0.1) is 46.3 Å². The number of likely N-dealkylation sites (N-methyl/N-ethyl adjacent to an activating group) is 1. The average Bonchev–Trinajstić information content (AvgIpc) is 3.38. The first kappa shape index (κ1) is 41.5. The van der Waals surface area contributed by atoms with Crippen molar-refractivity contribution in [2.45, 2.75) is 163 Å². The monoisotopic (exact) mass is 708 g/mol. The zero-order valence-corrected chi connectivity index (χ0v) is 34.2. The molecular formula is C42H78NO5P. The van der Waals surface area contributed by atoms with Gasteiger partial charge in [0.25, 0.3) is 7.82 Å². The number of nitrogens with zero attached hydrogens (tertiary/aromatic N) is 1. The number of ether oxygens (including phenoxy) is 1. The Morgan fingerprint density at radius 3 is 2.14 bits per heavy atom. The van der Waals surface area contributed by atoms with E-state index in [9.17, 15) is 9.46 Å². The maximum absolute atomic E-state index is 11.9. The average molecular weight is 708 g/mol. The summed E-state index contributed by atoms with van der Waals surface area (Å²) < 4.78 is 29.0. The highest BCUT2D eigenvalue weighted by Crippen LogP contribution is 2.67. The van der Waals surface area contributed by atoms with E-state index in [0.29, 0.717) is 28.0 Å². The fourth-order valence-corrected chi connectivity index (χ4v) is 11.7. The van der Waals surface area contributed by atoms with Crippen LogP contribution in [0.25, 0.3) is 0 Å². The van der Waals surface area contributed by atoms with Crippen LogP contribution < -0.4 is 4.89 Å². The number of rotatable bonds is 22. The molecule has 0 bridgehead atoms. The lowest BCUT2D eigenvalue weighted by atomic mass is 9.47. The number of phosphoric acid groups is 1. The number of phosphoric ester groups is 1. The van der Waals surface area contributed by atoms with E-state index in [4.69, 9.17) is 13.8 Å². The van der Waals surface area contributed by atoms with Gasteiger partial charge >= 0.3 is 0 Å². The van der Waals surface area contributed by atoms with Crippen molar-refractivity contribution in [3.8, 4) is 0 Å². The summed E-state index contributed by atoms with van der Waals surface area (Å²) in [6.45, 7) is 14.6. The van der Waals surface area contributed by atoms with Crippen LogP contribution in [-0.4, -0.2) is 58.1 Å². The number of unbranched alkanes of at least 4 members (excludes halogenated alkanes) is 7. The molecule has 0 radical (unpaired) electrons. The highest BCUT2D eigenvalue weighted by atomic mass is 31.2. The van der Waals surface area contributed by atoms with Crippen molar-refractivity contribution >= 4 is 7.82 Å². The molecule has 1 unspecified atom stereocenters. The fraction of sp³-hybridized carbons (Fsp3) is 0.952. The molecule has 0 amide bonds. The molecule has 4 rings (SSSR count). The maximum Gasteiger partial charge on any atom is 0.268 e. The molecule has 0 spiro atoms. The first-order chi connectivity index (χ1) is 23.1. The second-order valence-corrected chi connectivity index (χ2v) is 20.4. The lowest BCUT2D eigenvalue weighted by molar-refractivity contribution is -0.870. The Labute approximate surface area is 303 Å². The molecule has 4 aliphatic rings. The first-order valence-corrected chi connectivity index (χ1v) is 22.3. The summed E-state index contributed by atoms with van der Waals surface area (Å²) in [7, 11) is 1.84. The number of hydrogen-bond acceptors (Lipinski definition) is 5. The van der Waals surface area contributed by atoms with E-state index in [0.717, 1.165) is 67.8 Å². The van der Waals surface area contributed by atoms with E-state index < -0.39 is 7.82 Å². The number of allylic oxidation sites excluding steroid dienone is 1. The van der Waals surface area contributed by atoms with Gasteiger partial charge in [0, 0.05) is 6.61 Å². The molecule has 3 saturated carbocycles. The summed E-state index contributed by atoms with van der Waals surface area (Å²) in [5.74, 6) is 5.40. The normalized spacial score (nSPS) is 33.4. The molecule has 4 aliphatic carbocycles. The van der Waals surface area contributed by atoms with Gasteiger partial charge in [-0.1, -0.05) is 104 Å². The van der Waals surface area contributed by atoms with Crippen LogP contribution in [0.5, 0.6) is 0 Å². The van der Waals surface area contributed by atoms with E-state index in [1.807, 2.05) is 21.1 Å². The molecule has 0 heterocycles. The van der Waals surface area contributed by atoms with E-state index in [-0.39, 0.29) is 13.2 Å². The molecule has 0 aromatic heterocycles. The van der Waals surface area contributed by atoms with E-state index >= 15 is 0 Å². The highest BCUT2D eigenvalue weighted by molar-refractivity contribution is 7.45. The van der Waals surface area contributed by atoms with Crippen molar-refractivity contribution in [2.75, 3.05) is 47.5 Å². The van der Waals surface area contributed by atoms with Crippen molar-refractivity contribution < 1.29 is 27.7 Å². The summed E-state index contributed by atoms with van der Waals surface area (Å²) in [4.78, 5) is 11.9. The summed E-state index contributed by atoms with van der Waals surface area (Å²) in [5.41, 5.74) is 2.73. The van der Waals surface area contributed by atoms with Crippen LogP contribution in [0.4, 0.5) is 0 Å². The van der Waals surface area contributed by atoms with Crippen molar-refractivity contribution in [1.82, 2.24) is 0 Å². The van der Waals surface area contributed by atoms with Crippen molar-refractivity contribution in [1.29, 1.82) is 0 Å². The summed E-state index contributed by atoms with van der Waals surface area (Å²) in [6.07, 6.45) is 27.3. The SMILES string of the molecule is CC(C)CCC[C@@H](C)[C@H]1CC[C@H]2[C@@H]3CC=C4C[C@@H](OCCCCCCCCCCOP(=O)([O-])OCC[N+](C)(C)C)CC[C@]4(C)[C@H]3CC[C@]12C. The number of fused-ring (bicyclic) bond motifs is 5. The minimum absolute atomic E-state index is 0.160. The van der Waals surface area contributed by atoms with Crippen molar-refractivity contribution in [3.05, 3.63) is 11.6 Å². The second kappa shape index (κ2) is 18.7. The number of hydrogen-bond donors (Lipinski definition) is 0. The second-order valence-electron chi connectivity index (χ2n) is 19.0. The van der Waals surface area contributed by atoms with Gasteiger partial charge in [-0.25, -0.2) is 0 Å². The molecule has 0 saturated heterocycles. The molecule has 0 aromatic carbocycles. The molecule has 286 valence electrons. The predicted molar refractivity (Wildman–Crippen MR) is 202 cm³/mol. The van der Waals surface area contributed by atoms with Gasteiger partial charge in [-0.3, -0.25) is 4.57 Å². The number of quaternary nitrogens is 1. The Morgan fingerprint density at radius 2 is 1.47 bits per heavy atom. The Bertz CT molecular complexity index is 1070. The zero-order chi connectivity index (χ0) is 35.7. The van der Waals surface area contributed by atoms with Crippen molar-refractivity contribution in [3.63, 3.8) is 0 Å². The van der Waals surface area contributed by atoms with Crippen LogP contribution in [-0.2, 0) is 18.3 Å². The standard InChI is InChI=1S/C42H78NO5P/c1-33(2)18-17-19-34(3)38-22-23-39-37-21-20-35-32-36(24-26-41(35,4)40(37)25-27-42(38,39)5)46-29-15-13-11-9-10-12-14-16-30-47-49(44,45)48-31-28-43(6,7)8/h20,33-34,36-40H,9-19,21-32H2,1-8H3/t34-,36+,37+,38-,39+,40+,41+,42-/m1/s1. The van der Waals surface area contributed by atoms with Crippen LogP contribution >= 0.6 is 7.82 Å². The Balaban J connectivity index is 1.07. The fourth-order valence-electron chi connectivity index (χ4n) is 10.9. The van der Waals surface area contributed by atoms with Crippen molar-refractivity contribution in [2.24, 2.45) is 46.3 Å². The van der Waals surface area contributed by atoms with Gasteiger partial charge in [0.15, 0.2) is 0 Å². The predicted octanol–water partition coefficient (Wildman–Crippen LogP) is 10.7. The summed E-state index contributed by atoms with van der Waals surface area (Å²) in [5, 5.41) is 0. The molecule has 49 heavy (non-hydrogen) atoms. The van der Waals surface area contributed by atoms with Gasteiger partial charge < -0.3 is 23.2 Å². The molecule has 7 heteroatoms. The third kappa shape index (κ3) is 11.9. The molecule has 0 N–H and O–H groups in total. The Kier molecular flexibility index (Phi) is 15.8. The third-order valence-corrected chi connectivity index (χ3v) is 14.9. The first-order valence-electron chi connectivity index (χ1n) is 20.9. The van der Waals surface area contributed by atoms with Crippen LogP contribution in [0.2, 0.25) is 0 Å². The highest BCUT2D eigenvalue weighted by Gasteiger charge is 2.59. The van der Waals surface area contributed by atoms with E-state index in [1.54, 1.807) is 5.57 Å². The third-order valence-electron chi connectivity index (χ3n) is 13.9. The Morgan fingerprint density at radius 1 is 0.816 bits per heavy atom. The molecule has 0 aromatic rings. The topological polar surface area (TPSA) is 67.8 Å². The molecule has 9 atom stereocenters. The molecular weight excluding hydrogens is 629 g/mol. The van der Waals surface area contributed by atoms with Crippen LogP contribution in [0.1, 0.15) is 157 Å². The van der Waals surface area contributed by atoms with Gasteiger partial charge in [0.05, 0.1) is 33.9 Å². The zero-order valence-electron chi connectivity index (χ0n) is 33.3. The van der Waals surface area contributed by atoms with Gasteiger partial charge in [-0.15, -0.1) is 0 Å².